The van der Waals surface area contributed by atoms with Crippen LogP contribution in [0.25, 0.3) is 0 Å². The van der Waals surface area contributed by atoms with E-state index in [2.05, 4.69) is 15.9 Å². The Morgan fingerprint density at radius 3 is 2.60 bits per heavy atom. The van der Waals surface area contributed by atoms with E-state index in [1.165, 1.54) is 0 Å². The second-order valence-corrected chi connectivity index (χ2v) is 6.10. The molecule has 5 heteroatoms. The number of aliphatic hydroxyl groups excluding tert-OH is 1. The zero-order valence-corrected chi connectivity index (χ0v) is 13.8. The number of hydrogen-bond donors (Lipinski definition) is 1. The van der Waals surface area contributed by atoms with Crippen molar-refractivity contribution in [2.24, 2.45) is 0 Å². The maximum absolute atomic E-state index is 10.4. The molecule has 0 aromatic heterocycles. The molecule has 0 fully saturated rings. The number of halogens is 3. The molecule has 2 aromatic rings. The predicted molar refractivity (Wildman–Crippen MR) is 85.8 cm³/mol. The summed E-state index contributed by atoms with van der Waals surface area (Å²) in [4.78, 5) is 0. The van der Waals surface area contributed by atoms with E-state index in [4.69, 9.17) is 27.9 Å². The van der Waals surface area contributed by atoms with Crippen LogP contribution in [0.3, 0.4) is 0 Å². The van der Waals surface area contributed by atoms with E-state index in [0.29, 0.717) is 27.8 Å². The van der Waals surface area contributed by atoms with Crippen molar-refractivity contribution < 1.29 is 9.84 Å². The Morgan fingerprint density at radius 2 is 1.95 bits per heavy atom. The Balaban J connectivity index is 2.27. The smallest absolute Gasteiger partial charge is 0.124 e. The number of hydrogen-bond acceptors (Lipinski definition) is 2. The molecular weight excluding hydrogens is 363 g/mol. The summed E-state index contributed by atoms with van der Waals surface area (Å²) in [5.41, 5.74) is 1.55. The van der Waals surface area contributed by atoms with Gasteiger partial charge in [-0.15, -0.1) is 0 Å². The van der Waals surface area contributed by atoms with Gasteiger partial charge in [0.25, 0.3) is 0 Å². The molecule has 0 spiro atoms. The number of ether oxygens (including phenoxy) is 1. The first-order valence-corrected chi connectivity index (χ1v) is 7.51. The molecule has 0 radical (unpaired) electrons. The fourth-order valence-electron chi connectivity index (χ4n) is 1.97. The summed E-state index contributed by atoms with van der Waals surface area (Å²) in [5.74, 6) is 0.644. The van der Waals surface area contributed by atoms with Gasteiger partial charge >= 0.3 is 0 Å². The second-order valence-electron chi connectivity index (χ2n) is 4.34. The van der Waals surface area contributed by atoms with E-state index in [-0.39, 0.29) is 0 Å². The molecule has 0 aliphatic heterocycles. The molecule has 1 N–H and O–H groups in total. The first-order chi connectivity index (χ1) is 9.51. The fourth-order valence-corrected chi connectivity index (χ4v) is 2.84. The van der Waals surface area contributed by atoms with Crippen LogP contribution < -0.4 is 4.74 Å². The normalized spacial score (nSPS) is 12.2. The highest BCUT2D eigenvalue weighted by Gasteiger charge is 2.16. The molecule has 0 heterocycles. The summed E-state index contributed by atoms with van der Waals surface area (Å²) in [5, 5.41) is 11.5. The number of rotatable bonds is 4. The van der Waals surface area contributed by atoms with Crippen LogP contribution in [0.2, 0.25) is 10.0 Å². The van der Waals surface area contributed by atoms with Crippen LogP contribution >= 0.6 is 39.1 Å². The van der Waals surface area contributed by atoms with Crippen molar-refractivity contribution in [2.75, 3.05) is 7.11 Å². The molecular formula is C15H13BrCl2O2. The monoisotopic (exact) mass is 374 g/mol. The van der Waals surface area contributed by atoms with Gasteiger partial charge in [0.15, 0.2) is 0 Å². The van der Waals surface area contributed by atoms with Crippen molar-refractivity contribution in [3.8, 4) is 5.75 Å². The Hall–Kier alpha value is -0.740. The van der Waals surface area contributed by atoms with E-state index >= 15 is 0 Å². The third-order valence-electron chi connectivity index (χ3n) is 2.98. The molecule has 20 heavy (non-hydrogen) atoms. The van der Waals surface area contributed by atoms with Gasteiger partial charge in [-0.1, -0.05) is 45.2 Å². The first kappa shape index (κ1) is 15.6. The van der Waals surface area contributed by atoms with Crippen LogP contribution in [-0.2, 0) is 6.42 Å². The summed E-state index contributed by atoms with van der Waals surface area (Å²) < 4.78 is 6.16. The molecule has 0 aliphatic rings. The van der Waals surface area contributed by atoms with Gasteiger partial charge in [0, 0.05) is 26.5 Å². The van der Waals surface area contributed by atoms with Gasteiger partial charge in [0.1, 0.15) is 5.75 Å². The lowest BCUT2D eigenvalue weighted by Crippen LogP contribution is -2.04. The largest absolute Gasteiger partial charge is 0.496 e. The molecule has 0 saturated carbocycles. The Morgan fingerprint density at radius 1 is 1.20 bits per heavy atom. The third kappa shape index (κ3) is 3.67. The number of methoxy groups -OCH3 is 1. The Kier molecular flexibility index (Phi) is 5.33. The third-order valence-corrected chi connectivity index (χ3v) is 4.06. The van der Waals surface area contributed by atoms with Gasteiger partial charge in [0.05, 0.1) is 13.2 Å². The summed E-state index contributed by atoms with van der Waals surface area (Å²) in [6.45, 7) is 0. The summed E-state index contributed by atoms with van der Waals surface area (Å²) >= 11 is 15.4. The average molecular weight is 376 g/mol. The molecule has 0 saturated heterocycles. The zero-order valence-electron chi connectivity index (χ0n) is 10.7. The highest BCUT2D eigenvalue weighted by Crippen LogP contribution is 2.32. The van der Waals surface area contributed by atoms with Crippen molar-refractivity contribution >= 4 is 39.1 Å². The van der Waals surface area contributed by atoms with E-state index in [1.807, 2.05) is 24.3 Å². The zero-order chi connectivity index (χ0) is 14.7. The maximum atomic E-state index is 10.4. The Bertz CT molecular complexity index is 617. The number of benzene rings is 2. The van der Waals surface area contributed by atoms with E-state index in [1.54, 1.807) is 19.2 Å². The lowest BCUT2D eigenvalue weighted by atomic mass is 10.0. The fraction of sp³-hybridized carbons (Fsp3) is 0.200. The quantitative estimate of drug-likeness (QED) is 0.810. The van der Waals surface area contributed by atoms with Crippen LogP contribution in [-0.4, -0.2) is 12.2 Å². The van der Waals surface area contributed by atoms with Crippen molar-refractivity contribution in [2.45, 2.75) is 12.5 Å². The lowest BCUT2D eigenvalue weighted by Gasteiger charge is -2.16. The van der Waals surface area contributed by atoms with Crippen LogP contribution in [0.15, 0.2) is 40.9 Å². The van der Waals surface area contributed by atoms with Gasteiger partial charge in [0.2, 0.25) is 0 Å². The van der Waals surface area contributed by atoms with Gasteiger partial charge in [-0.05, 0) is 35.9 Å². The summed E-state index contributed by atoms with van der Waals surface area (Å²) in [6.07, 6.45) is -0.316. The van der Waals surface area contributed by atoms with Crippen molar-refractivity contribution in [1.29, 1.82) is 0 Å². The predicted octanol–water partition coefficient (Wildman–Crippen LogP) is 5.04. The molecule has 2 nitrogen and oxygen atoms in total. The highest BCUT2D eigenvalue weighted by molar-refractivity contribution is 9.10. The van der Waals surface area contributed by atoms with Gasteiger partial charge in [-0.25, -0.2) is 0 Å². The van der Waals surface area contributed by atoms with Crippen molar-refractivity contribution in [1.82, 2.24) is 0 Å². The molecule has 1 atom stereocenters. The minimum Gasteiger partial charge on any atom is -0.496 e. The minimum absolute atomic E-state index is 0.392. The molecule has 1 unspecified atom stereocenters. The van der Waals surface area contributed by atoms with Crippen molar-refractivity contribution in [3.05, 3.63) is 62.0 Å². The minimum atomic E-state index is -0.707. The molecule has 106 valence electrons. The molecule has 0 amide bonds. The van der Waals surface area contributed by atoms with Gasteiger partial charge in [-0.2, -0.15) is 0 Å². The summed E-state index contributed by atoms with van der Waals surface area (Å²) in [6, 6.07) is 10.8. The van der Waals surface area contributed by atoms with Gasteiger partial charge in [-0.3, -0.25) is 0 Å². The lowest BCUT2D eigenvalue weighted by molar-refractivity contribution is 0.174. The van der Waals surface area contributed by atoms with Crippen LogP contribution in [0, 0.1) is 0 Å². The standard InChI is InChI=1S/C15H13BrCl2O2/c1-20-15-5-3-10(16)7-12(15)14(19)6-9-2-4-11(17)8-13(9)18/h2-5,7-8,14,19H,6H2,1H3. The second kappa shape index (κ2) is 6.81. The van der Waals surface area contributed by atoms with Crippen LogP contribution in [0.4, 0.5) is 0 Å². The molecule has 0 bridgehead atoms. The van der Waals surface area contributed by atoms with E-state index < -0.39 is 6.10 Å². The molecule has 2 rings (SSSR count). The molecule has 2 aromatic carbocycles. The Labute approximate surface area is 136 Å². The van der Waals surface area contributed by atoms with Crippen LogP contribution in [0.5, 0.6) is 5.75 Å². The maximum Gasteiger partial charge on any atom is 0.124 e. The highest BCUT2D eigenvalue weighted by atomic mass is 79.9. The number of aliphatic hydroxyl groups is 1. The molecule has 0 aliphatic carbocycles. The van der Waals surface area contributed by atoms with Gasteiger partial charge < -0.3 is 9.84 Å². The van der Waals surface area contributed by atoms with Crippen LogP contribution in [0.1, 0.15) is 17.2 Å². The average Bonchev–Trinajstić information content (AvgIpc) is 2.41. The summed E-state index contributed by atoms with van der Waals surface area (Å²) in [7, 11) is 1.58. The SMILES string of the molecule is COc1ccc(Br)cc1C(O)Cc1ccc(Cl)cc1Cl. The van der Waals surface area contributed by atoms with Crippen molar-refractivity contribution in [3.63, 3.8) is 0 Å². The topological polar surface area (TPSA) is 29.5 Å². The van der Waals surface area contributed by atoms with E-state index in [9.17, 15) is 5.11 Å². The first-order valence-electron chi connectivity index (χ1n) is 5.96. The van der Waals surface area contributed by atoms with E-state index in [0.717, 1.165) is 10.0 Å².